The van der Waals surface area contributed by atoms with Crippen LogP contribution in [0.2, 0.25) is 5.02 Å². The summed E-state index contributed by atoms with van der Waals surface area (Å²) >= 11 is 5.93. The van der Waals surface area contributed by atoms with Crippen molar-refractivity contribution >= 4 is 23.2 Å². The van der Waals surface area contributed by atoms with Crippen LogP contribution in [0.5, 0.6) is 0 Å². The number of nitrogens with zero attached hydrogens (tertiary/aromatic N) is 1. The van der Waals surface area contributed by atoms with Crippen molar-refractivity contribution in [2.45, 2.75) is 12.8 Å². The molecule has 2 aromatic carbocycles. The second-order valence-electron chi connectivity index (χ2n) is 5.52. The summed E-state index contributed by atoms with van der Waals surface area (Å²) in [5.74, 6) is 0.116. The molecule has 3 aromatic rings. The highest BCUT2D eigenvalue weighted by atomic mass is 35.5. The molecule has 122 valence electrons. The first kappa shape index (κ1) is 16.1. The van der Waals surface area contributed by atoms with E-state index in [1.807, 2.05) is 24.3 Å². The lowest BCUT2D eigenvalue weighted by Gasteiger charge is -2.09. The molecular weight excluding hydrogens is 324 g/mol. The van der Waals surface area contributed by atoms with E-state index in [0.717, 1.165) is 23.2 Å². The minimum atomic E-state index is -0.253. The van der Waals surface area contributed by atoms with Gasteiger partial charge in [-0.25, -0.2) is 4.98 Å². The van der Waals surface area contributed by atoms with Crippen molar-refractivity contribution < 1.29 is 0 Å². The Balaban J connectivity index is 1.95. The van der Waals surface area contributed by atoms with Gasteiger partial charge in [0.2, 0.25) is 5.95 Å². The Labute approximate surface area is 144 Å². The van der Waals surface area contributed by atoms with Crippen LogP contribution in [-0.2, 0) is 12.8 Å². The van der Waals surface area contributed by atoms with Crippen LogP contribution in [0.15, 0.2) is 53.3 Å². The molecule has 0 fully saturated rings. The minimum Gasteiger partial charge on any atom is -0.399 e. The number of H-pyrrole nitrogens is 1. The number of nitrogen functional groups attached to an aromatic ring is 2. The van der Waals surface area contributed by atoms with Gasteiger partial charge in [-0.3, -0.25) is 9.78 Å². The van der Waals surface area contributed by atoms with E-state index in [4.69, 9.17) is 23.1 Å². The van der Waals surface area contributed by atoms with Crippen molar-refractivity contribution in [3.63, 3.8) is 0 Å². The number of aromatic nitrogens is 2. The maximum absolute atomic E-state index is 12.4. The number of aryl methyl sites for hydroxylation is 2. The van der Waals surface area contributed by atoms with Crippen LogP contribution in [0, 0.1) is 0 Å². The lowest BCUT2D eigenvalue weighted by Crippen LogP contribution is -2.17. The van der Waals surface area contributed by atoms with Gasteiger partial charge in [-0.05, 0) is 48.2 Å². The first-order valence-electron chi connectivity index (χ1n) is 7.52. The summed E-state index contributed by atoms with van der Waals surface area (Å²) in [6, 6.07) is 14.7. The monoisotopic (exact) mass is 340 g/mol. The molecule has 6 heteroatoms. The van der Waals surface area contributed by atoms with Crippen LogP contribution < -0.4 is 17.0 Å². The van der Waals surface area contributed by atoms with Gasteiger partial charge in [-0.2, -0.15) is 0 Å². The van der Waals surface area contributed by atoms with E-state index >= 15 is 0 Å². The number of aromatic amines is 1. The highest BCUT2D eigenvalue weighted by molar-refractivity contribution is 6.30. The Morgan fingerprint density at radius 2 is 1.62 bits per heavy atom. The van der Waals surface area contributed by atoms with E-state index in [-0.39, 0.29) is 11.5 Å². The molecule has 0 aliphatic rings. The second kappa shape index (κ2) is 6.76. The molecule has 0 atom stereocenters. The van der Waals surface area contributed by atoms with Gasteiger partial charge >= 0.3 is 0 Å². The van der Waals surface area contributed by atoms with Gasteiger partial charge in [-0.15, -0.1) is 0 Å². The molecule has 5 N–H and O–H groups in total. The Hall–Kier alpha value is -2.79. The van der Waals surface area contributed by atoms with Gasteiger partial charge in [0.15, 0.2) is 0 Å². The molecular formula is C18H17ClN4O. The maximum Gasteiger partial charge on any atom is 0.260 e. The van der Waals surface area contributed by atoms with Gasteiger partial charge in [0.25, 0.3) is 5.56 Å². The minimum absolute atomic E-state index is 0.116. The van der Waals surface area contributed by atoms with Gasteiger partial charge in [0, 0.05) is 10.7 Å². The lowest BCUT2D eigenvalue weighted by atomic mass is 10.0. The van der Waals surface area contributed by atoms with Crippen molar-refractivity contribution in [3.05, 3.63) is 75.2 Å². The molecule has 1 aromatic heterocycles. The zero-order valence-electron chi connectivity index (χ0n) is 12.9. The Bertz CT molecular complexity index is 902. The van der Waals surface area contributed by atoms with E-state index in [0.29, 0.717) is 22.7 Å². The predicted molar refractivity (Wildman–Crippen MR) is 98.0 cm³/mol. The van der Waals surface area contributed by atoms with E-state index in [1.165, 1.54) is 0 Å². The summed E-state index contributed by atoms with van der Waals surface area (Å²) in [7, 11) is 0. The average Bonchev–Trinajstić information content (AvgIpc) is 2.55. The first-order valence-corrected chi connectivity index (χ1v) is 7.90. The maximum atomic E-state index is 12.4. The molecule has 24 heavy (non-hydrogen) atoms. The third-order valence-electron chi connectivity index (χ3n) is 3.78. The van der Waals surface area contributed by atoms with Crippen LogP contribution in [0.4, 0.5) is 11.6 Å². The fraction of sp³-hybridized carbons (Fsp3) is 0.111. The predicted octanol–water partition coefficient (Wildman–Crippen LogP) is 3.04. The molecule has 0 bridgehead atoms. The number of benzene rings is 2. The summed E-state index contributed by atoms with van der Waals surface area (Å²) in [5.41, 5.74) is 15.0. The molecule has 0 amide bonds. The molecule has 0 unspecified atom stereocenters. The highest BCUT2D eigenvalue weighted by Crippen LogP contribution is 2.22. The summed E-state index contributed by atoms with van der Waals surface area (Å²) in [4.78, 5) is 19.3. The Morgan fingerprint density at radius 1 is 0.958 bits per heavy atom. The van der Waals surface area contributed by atoms with Gasteiger partial charge in [-0.1, -0.05) is 35.9 Å². The summed E-state index contributed by atoms with van der Waals surface area (Å²) < 4.78 is 0. The van der Waals surface area contributed by atoms with Crippen molar-refractivity contribution in [3.8, 4) is 11.1 Å². The number of rotatable bonds is 4. The van der Waals surface area contributed by atoms with E-state index in [1.54, 1.807) is 24.3 Å². The van der Waals surface area contributed by atoms with E-state index in [9.17, 15) is 4.79 Å². The van der Waals surface area contributed by atoms with Crippen LogP contribution >= 0.6 is 11.6 Å². The van der Waals surface area contributed by atoms with Crippen LogP contribution in [-0.4, -0.2) is 9.97 Å². The zero-order valence-corrected chi connectivity index (χ0v) is 13.7. The molecule has 1 heterocycles. The molecule has 0 saturated heterocycles. The smallest absolute Gasteiger partial charge is 0.260 e. The topological polar surface area (TPSA) is 97.8 Å². The first-order chi connectivity index (χ1) is 11.5. The molecule has 0 aliphatic carbocycles. The molecule has 0 spiro atoms. The Kier molecular flexibility index (Phi) is 4.53. The van der Waals surface area contributed by atoms with E-state index in [2.05, 4.69) is 9.97 Å². The lowest BCUT2D eigenvalue weighted by molar-refractivity contribution is 0.902. The normalized spacial score (nSPS) is 10.7. The molecule has 5 nitrogen and oxygen atoms in total. The fourth-order valence-corrected chi connectivity index (χ4v) is 2.71. The number of hydrogen-bond donors (Lipinski definition) is 3. The third-order valence-corrected chi connectivity index (χ3v) is 4.03. The van der Waals surface area contributed by atoms with E-state index < -0.39 is 0 Å². The number of nitrogens with two attached hydrogens (primary N) is 2. The fourth-order valence-electron chi connectivity index (χ4n) is 2.58. The largest absolute Gasteiger partial charge is 0.399 e. The standard InChI is InChI=1S/C18H17ClN4O/c19-13-6-4-12(5-7-13)16-15(22-18(21)23-17(16)24)10-3-11-1-8-14(20)9-2-11/h1-2,4-9H,3,10,20H2,(H3,21,22,23,24). The highest BCUT2D eigenvalue weighted by Gasteiger charge is 2.13. The van der Waals surface area contributed by atoms with Crippen LogP contribution in [0.1, 0.15) is 11.3 Å². The average molecular weight is 341 g/mol. The zero-order chi connectivity index (χ0) is 17.1. The van der Waals surface area contributed by atoms with Crippen molar-refractivity contribution in [2.24, 2.45) is 0 Å². The second-order valence-corrected chi connectivity index (χ2v) is 5.96. The van der Waals surface area contributed by atoms with Crippen molar-refractivity contribution in [2.75, 3.05) is 11.5 Å². The molecule has 3 rings (SSSR count). The number of nitrogens with one attached hydrogen (secondary N) is 1. The number of hydrogen-bond acceptors (Lipinski definition) is 4. The summed E-state index contributed by atoms with van der Waals surface area (Å²) in [6.45, 7) is 0. The number of anilines is 2. The molecule has 0 aliphatic heterocycles. The SMILES string of the molecule is Nc1ccc(CCc2nc(N)[nH]c(=O)c2-c2ccc(Cl)cc2)cc1. The molecule has 0 saturated carbocycles. The van der Waals surface area contributed by atoms with Gasteiger partial charge in [0.1, 0.15) is 0 Å². The van der Waals surface area contributed by atoms with Gasteiger partial charge < -0.3 is 11.5 Å². The van der Waals surface area contributed by atoms with Crippen LogP contribution in [0.25, 0.3) is 11.1 Å². The van der Waals surface area contributed by atoms with Crippen molar-refractivity contribution in [1.29, 1.82) is 0 Å². The Morgan fingerprint density at radius 3 is 2.29 bits per heavy atom. The summed E-state index contributed by atoms with van der Waals surface area (Å²) in [6.07, 6.45) is 1.33. The van der Waals surface area contributed by atoms with Crippen LogP contribution in [0.3, 0.4) is 0 Å². The quantitative estimate of drug-likeness (QED) is 0.636. The molecule has 0 radical (unpaired) electrons. The van der Waals surface area contributed by atoms with Crippen molar-refractivity contribution in [1.82, 2.24) is 9.97 Å². The summed E-state index contributed by atoms with van der Waals surface area (Å²) in [5, 5.41) is 0.613. The number of halogens is 1. The third kappa shape index (κ3) is 3.58. The van der Waals surface area contributed by atoms with Gasteiger partial charge in [0.05, 0.1) is 11.3 Å².